The smallest absolute Gasteiger partial charge is 0.239 e. The molecule has 1 aliphatic carbocycles. The minimum atomic E-state index is -1.63. The van der Waals surface area contributed by atoms with Gasteiger partial charge in [0.2, 0.25) is 9.04 Å². The van der Waals surface area contributed by atoms with Crippen LogP contribution in [0.25, 0.3) is 0 Å². The zero-order chi connectivity index (χ0) is 16.8. The molecule has 1 aliphatic rings. The summed E-state index contributed by atoms with van der Waals surface area (Å²) < 4.78 is 12.1. The molecule has 3 atom stereocenters. The van der Waals surface area contributed by atoms with Crippen molar-refractivity contribution in [1.29, 1.82) is 0 Å². The molecule has 1 unspecified atom stereocenters. The van der Waals surface area contributed by atoms with Gasteiger partial charge in [-0.05, 0) is 35.1 Å². The van der Waals surface area contributed by atoms with Gasteiger partial charge in [-0.1, -0.05) is 66.7 Å². The van der Waals surface area contributed by atoms with E-state index in [-0.39, 0.29) is 6.10 Å². The zero-order valence-electron chi connectivity index (χ0n) is 14.3. The number of ether oxygens (including phenoxy) is 1. The first-order valence-electron chi connectivity index (χ1n) is 8.70. The van der Waals surface area contributed by atoms with E-state index >= 15 is 0 Å². The highest BCUT2D eigenvalue weighted by atomic mass is 28.3. The van der Waals surface area contributed by atoms with E-state index in [1.165, 1.54) is 23.2 Å². The Morgan fingerprint density at radius 3 is 2.04 bits per heavy atom. The molecule has 0 aliphatic heterocycles. The SMILES string of the molecule is C=CC(OC)[C@@H]1CC[C@H]1CO[SiH](c1ccccc1)c1ccccc1. The Bertz CT molecular complexity index is 589. The van der Waals surface area contributed by atoms with Crippen molar-refractivity contribution in [3.63, 3.8) is 0 Å². The third-order valence-corrected chi connectivity index (χ3v) is 7.59. The van der Waals surface area contributed by atoms with Gasteiger partial charge in [-0.2, -0.15) is 0 Å². The Morgan fingerprint density at radius 2 is 1.62 bits per heavy atom. The summed E-state index contributed by atoms with van der Waals surface area (Å²) in [6.07, 6.45) is 4.52. The van der Waals surface area contributed by atoms with E-state index in [0.29, 0.717) is 11.8 Å². The fourth-order valence-corrected chi connectivity index (χ4v) is 5.89. The molecule has 0 N–H and O–H groups in total. The van der Waals surface area contributed by atoms with Crippen LogP contribution in [-0.2, 0) is 9.16 Å². The lowest BCUT2D eigenvalue weighted by Crippen LogP contribution is -2.48. The lowest BCUT2D eigenvalue weighted by molar-refractivity contribution is -0.00687. The third kappa shape index (κ3) is 3.86. The summed E-state index contributed by atoms with van der Waals surface area (Å²) in [6.45, 7) is 4.72. The predicted molar refractivity (Wildman–Crippen MR) is 102 cm³/mol. The highest BCUT2D eigenvalue weighted by Crippen LogP contribution is 2.38. The second-order valence-corrected chi connectivity index (χ2v) is 8.90. The van der Waals surface area contributed by atoms with Crippen molar-refractivity contribution in [1.82, 2.24) is 0 Å². The summed E-state index contributed by atoms with van der Waals surface area (Å²) in [7, 11) is 0.142. The van der Waals surface area contributed by atoms with E-state index in [9.17, 15) is 0 Å². The van der Waals surface area contributed by atoms with Crippen LogP contribution in [-0.4, -0.2) is 28.9 Å². The molecule has 1 fully saturated rings. The largest absolute Gasteiger partial charge is 0.411 e. The van der Waals surface area contributed by atoms with E-state index in [0.717, 1.165) is 6.61 Å². The molecule has 0 bridgehead atoms. The van der Waals surface area contributed by atoms with Gasteiger partial charge < -0.3 is 9.16 Å². The van der Waals surface area contributed by atoms with Crippen LogP contribution in [0.4, 0.5) is 0 Å². The second-order valence-electron chi connectivity index (χ2n) is 6.47. The van der Waals surface area contributed by atoms with Crippen LogP contribution in [0.2, 0.25) is 0 Å². The maximum Gasteiger partial charge on any atom is 0.239 e. The summed E-state index contributed by atoms with van der Waals surface area (Å²) in [6, 6.07) is 21.3. The van der Waals surface area contributed by atoms with Crippen LogP contribution in [0.5, 0.6) is 0 Å². The maximum absolute atomic E-state index is 6.54. The predicted octanol–water partition coefficient (Wildman–Crippen LogP) is 2.77. The van der Waals surface area contributed by atoms with Gasteiger partial charge in [0.1, 0.15) is 0 Å². The maximum atomic E-state index is 6.54. The Balaban J connectivity index is 1.70. The number of rotatable bonds is 8. The summed E-state index contributed by atoms with van der Waals surface area (Å²) in [5.74, 6) is 1.13. The molecule has 0 saturated heterocycles. The Morgan fingerprint density at radius 1 is 1.04 bits per heavy atom. The van der Waals surface area contributed by atoms with Gasteiger partial charge in [-0.3, -0.25) is 0 Å². The van der Waals surface area contributed by atoms with Crippen molar-refractivity contribution in [2.75, 3.05) is 13.7 Å². The lowest BCUT2D eigenvalue weighted by atomic mass is 9.71. The lowest BCUT2D eigenvalue weighted by Gasteiger charge is -2.40. The molecule has 126 valence electrons. The van der Waals surface area contributed by atoms with Gasteiger partial charge >= 0.3 is 0 Å². The van der Waals surface area contributed by atoms with Crippen molar-refractivity contribution >= 4 is 19.4 Å². The number of methoxy groups -OCH3 is 1. The van der Waals surface area contributed by atoms with Crippen LogP contribution in [0, 0.1) is 11.8 Å². The average molecular weight is 339 g/mol. The number of benzene rings is 2. The zero-order valence-corrected chi connectivity index (χ0v) is 15.5. The molecular formula is C21H26O2Si. The van der Waals surface area contributed by atoms with Crippen molar-refractivity contribution in [2.45, 2.75) is 18.9 Å². The summed E-state index contributed by atoms with van der Waals surface area (Å²) in [5.41, 5.74) is 0. The van der Waals surface area contributed by atoms with Gasteiger partial charge in [0.15, 0.2) is 0 Å². The van der Waals surface area contributed by atoms with Crippen LogP contribution < -0.4 is 10.4 Å². The fraction of sp³-hybridized carbons (Fsp3) is 0.333. The Hall–Kier alpha value is -1.68. The average Bonchev–Trinajstić information content (AvgIpc) is 2.63. The van der Waals surface area contributed by atoms with Crippen molar-refractivity contribution in [3.8, 4) is 0 Å². The van der Waals surface area contributed by atoms with E-state index in [1.807, 2.05) is 6.08 Å². The molecule has 0 aromatic heterocycles. The van der Waals surface area contributed by atoms with E-state index in [2.05, 4.69) is 67.2 Å². The minimum Gasteiger partial charge on any atom is -0.411 e. The molecule has 24 heavy (non-hydrogen) atoms. The Kier molecular flexibility index (Phi) is 6.02. The molecule has 0 amide bonds. The molecule has 2 nitrogen and oxygen atoms in total. The monoisotopic (exact) mass is 338 g/mol. The molecule has 1 saturated carbocycles. The standard InChI is InChI=1S/C21H26O2Si/c1-3-21(22-2)20-15-14-17(20)16-23-24(18-10-6-4-7-11-18)19-12-8-5-9-13-19/h3-13,17,20-21,24H,1,14-16H2,2H3/t17-,20+,21?/m0/s1. The first kappa shape index (κ1) is 17.2. The fourth-order valence-electron chi connectivity index (χ4n) is 3.54. The normalized spacial score (nSPS) is 21.2. The first-order chi connectivity index (χ1) is 11.8. The van der Waals surface area contributed by atoms with Gasteiger partial charge in [0.05, 0.1) is 6.10 Å². The summed E-state index contributed by atoms with van der Waals surface area (Å²) in [5, 5.41) is 2.68. The topological polar surface area (TPSA) is 18.5 Å². The second kappa shape index (κ2) is 8.43. The van der Waals surface area contributed by atoms with Crippen LogP contribution in [0.1, 0.15) is 12.8 Å². The molecule has 0 heterocycles. The molecule has 3 heteroatoms. The third-order valence-electron chi connectivity index (χ3n) is 5.08. The highest BCUT2D eigenvalue weighted by molar-refractivity contribution is 6.80. The number of hydrogen-bond donors (Lipinski definition) is 0. The van der Waals surface area contributed by atoms with Gasteiger partial charge in [-0.25, -0.2) is 0 Å². The van der Waals surface area contributed by atoms with E-state index < -0.39 is 9.04 Å². The van der Waals surface area contributed by atoms with E-state index in [4.69, 9.17) is 9.16 Å². The number of hydrogen-bond acceptors (Lipinski definition) is 2. The Labute approximate surface area is 146 Å². The van der Waals surface area contributed by atoms with Crippen LogP contribution >= 0.6 is 0 Å². The van der Waals surface area contributed by atoms with Gasteiger partial charge in [0, 0.05) is 13.7 Å². The summed E-state index contributed by atoms with van der Waals surface area (Å²) in [4.78, 5) is 0. The molecule has 0 spiro atoms. The molecule has 0 radical (unpaired) electrons. The van der Waals surface area contributed by atoms with Gasteiger partial charge in [-0.15, -0.1) is 6.58 Å². The molecule has 3 rings (SSSR count). The molecular weight excluding hydrogens is 312 g/mol. The van der Waals surface area contributed by atoms with E-state index in [1.54, 1.807) is 7.11 Å². The summed E-state index contributed by atoms with van der Waals surface area (Å²) >= 11 is 0. The molecule has 2 aromatic carbocycles. The van der Waals surface area contributed by atoms with Crippen LogP contribution in [0.3, 0.4) is 0 Å². The van der Waals surface area contributed by atoms with Gasteiger partial charge in [0.25, 0.3) is 0 Å². The van der Waals surface area contributed by atoms with Crippen molar-refractivity contribution in [3.05, 3.63) is 73.3 Å². The van der Waals surface area contributed by atoms with Crippen molar-refractivity contribution in [2.24, 2.45) is 11.8 Å². The quantitative estimate of drug-likeness (QED) is 0.544. The highest BCUT2D eigenvalue weighted by Gasteiger charge is 2.36. The van der Waals surface area contributed by atoms with Crippen molar-refractivity contribution < 1.29 is 9.16 Å². The minimum absolute atomic E-state index is 0.154. The van der Waals surface area contributed by atoms with Crippen LogP contribution in [0.15, 0.2) is 73.3 Å². The molecule has 2 aromatic rings. The first-order valence-corrected chi connectivity index (χ1v) is 10.3.